The Balaban J connectivity index is 3.13. The number of halogens is 1. The molecular weight excluding hydrogens is 472 g/mol. The van der Waals surface area contributed by atoms with Crippen LogP contribution in [0.25, 0.3) is 0 Å². The van der Waals surface area contributed by atoms with E-state index in [4.69, 9.17) is 0 Å². The lowest BCUT2D eigenvalue weighted by atomic mass is 9.84. The molecule has 3 atom stereocenters. The molecule has 0 unspecified atom stereocenters. The number of rotatable bonds is 10. The molecule has 0 saturated carbocycles. The largest absolute Gasteiger partial charge is 0.357 e. The zero-order chi connectivity index (χ0) is 23.1. The predicted octanol–water partition coefficient (Wildman–Crippen LogP) is 2.41. The van der Waals surface area contributed by atoms with Gasteiger partial charge in [-0.1, -0.05) is 34.6 Å². The van der Waals surface area contributed by atoms with Crippen molar-refractivity contribution in [3.63, 3.8) is 0 Å². The zero-order valence-electron chi connectivity index (χ0n) is 18.3. The summed E-state index contributed by atoms with van der Waals surface area (Å²) in [4.78, 5) is 39.0. The minimum Gasteiger partial charge on any atom is -0.357 e. The molecular formula is C20H33BrN4O4S. The second kappa shape index (κ2) is 11.8. The van der Waals surface area contributed by atoms with Gasteiger partial charge in [-0.25, -0.2) is 5.48 Å². The van der Waals surface area contributed by atoms with Crippen LogP contribution in [0.4, 0.5) is 0 Å². The van der Waals surface area contributed by atoms with E-state index < -0.39 is 35.2 Å². The monoisotopic (exact) mass is 504 g/mol. The molecule has 1 heterocycles. The van der Waals surface area contributed by atoms with E-state index in [0.29, 0.717) is 13.0 Å². The molecule has 1 aromatic heterocycles. The number of nitrogens with one attached hydrogen (secondary N) is 4. The van der Waals surface area contributed by atoms with Crippen LogP contribution in [0, 0.1) is 17.3 Å². The molecule has 30 heavy (non-hydrogen) atoms. The number of hydroxylamine groups is 1. The lowest BCUT2D eigenvalue weighted by Crippen LogP contribution is -2.58. The van der Waals surface area contributed by atoms with E-state index in [2.05, 4.69) is 31.9 Å². The quantitative estimate of drug-likeness (QED) is 0.247. The topological polar surface area (TPSA) is 120 Å². The molecule has 170 valence electrons. The summed E-state index contributed by atoms with van der Waals surface area (Å²) in [5.41, 5.74) is 1.14. The minimum atomic E-state index is -0.969. The summed E-state index contributed by atoms with van der Waals surface area (Å²) in [6.45, 7) is 9.82. The molecule has 0 saturated heterocycles. The first-order valence-electron chi connectivity index (χ1n) is 9.84. The maximum Gasteiger partial charge on any atom is 0.261 e. The summed E-state index contributed by atoms with van der Waals surface area (Å²) in [6.07, 6.45) is 0.398. The second-order valence-electron chi connectivity index (χ2n) is 8.70. The van der Waals surface area contributed by atoms with E-state index in [1.807, 2.05) is 46.8 Å². The van der Waals surface area contributed by atoms with Crippen LogP contribution in [0.15, 0.2) is 15.9 Å². The maximum atomic E-state index is 13.2. The molecule has 1 aromatic rings. The summed E-state index contributed by atoms with van der Waals surface area (Å²) in [5, 5.41) is 17.8. The van der Waals surface area contributed by atoms with Crippen molar-refractivity contribution in [1.29, 1.82) is 0 Å². The summed E-state index contributed by atoms with van der Waals surface area (Å²) in [7, 11) is 1.52. The normalized spacial score (nSPS) is 14.7. The van der Waals surface area contributed by atoms with Crippen LogP contribution in [-0.4, -0.2) is 42.1 Å². The van der Waals surface area contributed by atoms with Gasteiger partial charge >= 0.3 is 0 Å². The summed E-state index contributed by atoms with van der Waals surface area (Å²) in [5.74, 6) is -2.09. The summed E-state index contributed by atoms with van der Waals surface area (Å²) < 4.78 is 0.956. The Labute approximate surface area is 190 Å². The van der Waals surface area contributed by atoms with Crippen LogP contribution in [0.2, 0.25) is 0 Å². The van der Waals surface area contributed by atoms with E-state index in [0.717, 1.165) is 8.66 Å². The van der Waals surface area contributed by atoms with Crippen LogP contribution in [0.3, 0.4) is 0 Å². The van der Waals surface area contributed by atoms with Crippen LogP contribution in [-0.2, 0) is 20.9 Å². The molecule has 0 spiro atoms. The number of carbonyl (C=O) groups is 3. The number of carbonyl (C=O) groups excluding carboxylic acids is 3. The van der Waals surface area contributed by atoms with Crippen LogP contribution >= 0.6 is 27.3 Å². The highest BCUT2D eigenvalue weighted by Crippen LogP contribution is 2.24. The molecule has 8 nitrogen and oxygen atoms in total. The van der Waals surface area contributed by atoms with Crippen molar-refractivity contribution in [2.45, 2.75) is 59.7 Å². The third-order valence-corrected chi connectivity index (χ3v) is 6.27. The van der Waals surface area contributed by atoms with Crippen LogP contribution in [0.5, 0.6) is 0 Å². The SMILES string of the molecule is CNC(=O)[C@@H](NC(=O)[C@H](CC(C)C)[C@H](NCc1ccc(Br)s1)C(=O)NO)C(C)(C)C. The van der Waals surface area contributed by atoms with Gasteiger partial charge in [-0.05, 0) is 45.8 Å². The molecule has 0 aliphatic heterocycles. The molecule has 0 aliphatic rings. The lowest BCUT2D eigenvalue weighted by Gasteiger charge is -2.33. The van der Waals surface area contributed by atoms with Gasteiger partial charge in [0.25, 0.3) is 5.91 Å². The number of amides is 3. The zero-order valence-corrected chi connectivity index (χ0v) is 20.7. The van der Waals surface area contributed by atoms with Crippen molar-refractivity contribution in [3.05, 3.63) is 20.8 Å². The summed E-state index contributed by atoms with van der Waals surface area (Å²) in [6, 6.07) is 2.08. The lowest BCUT2D eigenvalue weighted by molar-refractivity contribution is -0.140. The highest BCUT2D eigenvalue weighted by Gasteiger charge is 2.38. The number of hydrogen-bond acceptors (Lipinski definition) is 6. The Morgan fingerprint density at radius 3 is 2.20 bits per heavy atom. The smallest absolute Gasteiger partial charge is 0.261 e. The Bertz CT molecular complexity index is 733. The molecule has 0 fully saturated rings. The number of thiophene rings is 1. The van der Waals surface area contributed by atoms with Gasteiger partial charge < -0.3 is 16.0 Å². The molecule has 0 aromatic carbocycles. The van der Waals surface area contributed by atoms with Crippen LogP contribution < -0.4 is 21.4 Å². The number of likely N-dealkylation sites (N-methyl/N-ethyl adjacent to an activating group) is 1. The highest BCUT2D eigenvalue weighted by molar-refractivity contribution is 9.11. The van der Waals surface area contributed by atoms with Gasteiger partial charge in [0.2, 0.25) is 11.8 Å². The average molecular weight is 505 g/mol. The fourth-order valence-electron chi connectivity index (χ4n) is 3.12. The fourth-order valence-corrected chi connectivity index (χ4v) is 4.55. The molecule has 10 heteroatoms. The van der Waals surface area contributed by atoms with Crippen molar-refractivity contribution < 1.29 is 19.6 Å². The van der Waals surface area contributed by atoms with Gasteiger partial charge in [0, 0.05) is 18.5 Å². The van der Waals surface area contributed by atoms with Crippen molar-refractivity contribution in [2.24, 2.45) is 17.3 Å². The first-order valence-corrected chi connectivity index (χ1v) is 11.4. The molecule has 1 rings (SSSR count). The average Bonchev–Trinajstić information content (AvgIpc) is 3.08. The Kier molecular flexibility index (Phi) is 10.4. The van der Waals surface area contributed by atoms with E-state index in [1.165, 1.54) is 18.4 Å². The van der Waals surface area contributed by atoms with Crippen molar-refractivity contribution in [3.8, 4) is 0 Å². The Morgan fingerprint density at radius 2 is 1.77 bits per heavy atom. The maximum absolute atomic E-state index is 13.2. The van der Waals surface area contributed by atoms with Crippen molar-refractivity contribution in [2.75, 3.05) is 7.05 Å². The third kappa shape index (κ3) is 7.98. The standard InChI is InChI=1S/C20H33BrN4O4S/c1-11(2)9-13(17(26)24-16(19(28)22-6)20(3,4)5)15(18(27)25-29)23-10-12-7-8-14(21)30-12/h7-8,11,13,15-16,23,29H,9-10H2,1-6H3,(H,22,28)(H,24,26)(H,25,27)/t13-,15+,16-/m1/s1. The first-order chi connectivity index (χ1) is 13.9. The summed E-state index contributed by atoms with van der Waals surface area (Å²) >= 11 is 4.91. The first kappa shape index (κ1) is 26.5. The molecule has 0 aliphatic carbocycles. The van der Waals surface area contributed by atoms with Gasteiger partial charge in [0.15, 0.2) is 0 Å². The van der Waals surface area contributed by atoms with E-state index in [1.54, 1.807) is 5.48 Å². The van der Waals surface area contributed by atoms with Gasteiger partial charge in [-0.15, -0.1) is 11.3 Å². The predicted molar refractivity (Wildman–Crippen MR) is 121 cm³/mol. The second-order valence-corrected chi connectivity index (χ2v) is 11.2. The van der Waals surface area contributed by atoms with Crippen molar-refractivity contribution >= 4 is 45.0 Å². The highest BCUT2D eigenvalue weighted by atomic mass is 79.9. The number of hydrogen-bond donors (Lipinski definition) is 5. The third-order valence-electron chi connectivity index (χ3n) is 4.64. The molecule has 0 bridgehead atoms. The van der Waals surface area contributed by atoms with Gasteiger partial charge in [-0.3, -0.25) is 19.6 Å². The molecule has 5 N–H and O–H groups in total. The van der Waals surface area contributed by atoms with E-state index in [-0.39, 0.29) is 11.8 Å². The minimum absolute atomic E-state index is 0.112. The molecule has 0 radical (unpaired) electrons. The van der Waals surface area contributed by atoms with Gasteiger partial charge in [0.1, 0.15) is 12.1 Å². The van der Waals surface area contributed by atoms with Crippen molar-refractivity contribution in [1.82, 2.24) is 21.4 Å². The van der Waals surface area contributed by atoms with Crippen LogP contribution in [0.1, 0.15) is 45.9 Å². The fraction of sp³-hybridized carbons (Fsp3) is 0.650. The van der Waals surface area contributed by atoms with Gasteiger partial charge in [0.05, 0.1) is 9.70 Å². The molecule has 3 amide bonds. The van der Waals surface area contributed by atoms with Gasteiger partial charge in [-0.2, -0.15) is 0 Å². The Hall–Kier alpha value is -1.49. The van der Waals surface area contributed by atoms with E-state index >= 15 is 0 Å². The Morgan fingerprint density at radius 1 is 1.13 bits per heavy atom. The van der Waals surface area contributed by atoms with E-state index in [9.17, 15) is 19.6 Å².